The van der Waals surface area contributed by atoms with E-state index in [0.717, 1.165) is 21.4 Å². The van der Waals surface area contributed by atoms with Crippen molar-refractivity contribution in [2.24, 2.45) is 0 Å². The summed E-state index contributed by atoms with van der Waals surface area (Å²) in [6, 6.07) is 8.98. The summed E-state index contributed by atoms with van der Waals surface area (Å²) >= 11 is 7.58. The quantitative estimate of drug-likeness (QED) is 0.273. The van der Waals surface area contributed by atoms with Crippen molar-refractivity contribution in [2.75, 3.05) is 17.2 Å². The van der Waals surface area contributed by atoms with Crippen LogP contribution in [0.2, 0.25) is 5.02 Å². The topological polar surface area (TPSA) is 136 Å². The van der Waals surface area contributed by atoms with Crippen LogP contribution < -0.4 is 11.5 Å². The molecule has 8 nitrogen and oxygen atoms in total. The van der Waals surface area contributed by atoms with E-state index in [2.05, 4.69) is 15.0 Å². The smallest absolute Gasteiger partial charge is 0.146 e. The third-order valence-corrected chi connectivity index (χ3v) is 6.84. The SMILES string of the molecule is Nc1nc2cc(SCC3=CC(n4ccc5c(N)ncnc54)[C@@H](O)C3O)ccc2cc1Cl. The highest BCUT2D eigenvalue weighted by Crippen LogP contribution is 2.36. The lowest BCUT2D eigenvalue weighted by Crippen LogP contribution is -2.29. The van der Waals surface area contributed by atoms with Crippen LogP contribution >= 0.6 is 23.4 Å². The average molecular weight is 455 g/mol. The maximum atomic E-state index is 10.7. The van der Waals surface area contributed by atoms with Crippen molar-refractivity contribution < 1.29 is 10.2 Å². The molecule has 0 bridgehead atoms. The van der Waals surface area contributed by atoms with Gasteiger partial charge in [-0.1, -0.05) is 23.7 Å². The molecule has 0 saturated heterocycles. The zero-order valence-electron chi connectivity index (χ0n) is 16.2. The molecule has 4 aromatic rings. The molecular weight excluding hydrogens is 436 g/mol. The standard InChI is InChI=1S/C21H19ClN6O2S/c22-14-5-10-1-2-12(7-15(10)27-20(14)24)31-8-11-6-16(18(30)17(11)29)28-4-3-13-19(23)25-9-26-21(13)28/h1-7,9,16-18,29-30H,8H2,(H2,24,27)(H2,23,25,26)/t16?,17?,18-/m1/s1. The van der Waals surface area contributed by atoms with Crippen LogP contribution in [0.4, 0.5) is 11.6 Å². The van der Waals surface area contributed by atoms with E-state index in [-0.39, 0.29) is 0 Å². The number of aliphatic hydroxyl groups is 2. The van der Waals surface area contributed by atoms with E-state index >= 15 is 0 Å². The van der Waals surface area contributed by atoms with Crippen molar-refractivity contribution in [3.8, 4) is 0 Å². The Morgan fingerprint density at radius 3 is 2.77 bits per heavy atom. The number of anilines is 2. The van der Waals surface area contributed by atoms with Gasteiger partial charge in [0.1, 0.15) is 35.8 Å². The van der Waals surface area contributed by atoms with Crippen molar-refractivity contribution in [1.29, 1.82) is 0 Å². The predicted octanol–water partition coefficient (Wildman–Crippen LogP) is 2.79. The summed E-state index contributed by atoms with van der Waals surface area (Å²) in [7, 11) is 0. The van der Waals surface area contributed by atoms with Crippen molar-refractivity contribution in [3.05, 3.63) is 59.5 Å². The Bertz CT molecular complexity index is 1340. The van der Waals surface area contributed by atoms with Gasteiger partial charge in [0, 0.05) is 22.2 Å². The lowest BCUT2D eigenvalue weighted by molar-refractivity contribution is 0.0332. The summed E-state index contributed by atoms with van der Waals surface area (Å²) in [6.07, 6.45) is 3.12. The van der Waals surface area contributed by atoms with Gasteiger partial charge in [0.15, 0.2) is 0 Å². The van der Waals surface area contributed by atoms with E-state index in [9.17, 15) is 10.2 Å². The van der Waals surface area contributed by atoms with Crippen molar-refractivity contribution in [3.63, 3.8) is 0 Å². The number of nitrogens with zero attached hydrogens (tertiary/aromatic N) is 4. The Morgan fingerprint density at radius 2 is 1.94 bits per heavy atom. The number of fused-ring (bicyclic) bond motifs is 2. The number of hydrogen-bond acceptors (Lipinski definition) is 8. The highest BCUT2D eigenvalue weighted by atomic mass is 35.5. The van der Waals surface area contributed by atoms with Gasteiger partial charge in [-0.3, -0.25) is 0 Å². The first-order valence-corrected chi connectivity index (χ1v) is 10.9. The van der Waals surface area contributed by atoms with Crippen LogP contribution in [0.3, 0.4) is 0 Å². The zero-order valence-corrected chi connectivity index (χ0v) is 17.8. The number of benzene rings is 1. The summed E-state index contributed by atoms with van der Waals surface area (Å²) in [5.74, 6) is 1.18. The molecule has 10 heteroatoms. The van der Waals surface area contributed by atoms with E-state index in [4.69, 9.17) is 23.1 Å². The first-order valence-electron chi connectivity index (χ1n) is 9.54. The van der Waals surface area contributed by atoms with E-state index in [1.807, 2.05) is 34.9 Å². The number of pyridine rings is 1. The minimum absolute atomic E-state index is 0.291. The van der Waals surface area contributed by atoms with Gasteiger partial charge < -0.3 is 26.2 Å². The first kappa shape index (κ1) is 20.1. The number of hydrogen-bond donors (Lipinski definition) is 4. The van der Waals surface area contributed by atoms with Gasteiger partial charge >= 0.3 is 0 Å². The number of rotatable bonds is 4. The normalized spacial score (nSPS) is 21.1. The highest BCUT2D eigenvalue weighted by molar-refractivity contribution is 7.99. The van der Waals surface area contributed by atoms with Gasteiger partial charge in [0.25, 0.3) is 0 Å². The number of thioether (sulfide) groups is 1. The number of aromatic nitrogens is 4. The monoisotopic (exact) mass is 454 g/mol. The molecular formula is C21H19ClN6O2S. The molecule has 0 amide bonds. The Hall–Kier alpha value is -2.85. The Kier molecular flexibility index (Phi) is 4.98. The lowest BCUT2D eigenvalue weighted by atomic mass is 10.1. The molecule has 1 aliphatic carbocycles. The molecule has 5 rings (SSSR count). The van der Waals surface area contributed by atoms with Crippen molar-refractivity contribution in [1.82, 2.24) is 19.5 Å². The molecule has 6 N–H and O–H groups in total. The molecule has 0 spiro atoms. The maximum Gasteiger partial charge on any atom is 0.146 e. The molecule has 2 unspecified atom stereocenters. The van der Waals surface area contributed by atoms with E-state index in [0.29, 0.717) is 33.4 Å². The van der Waals surface area contributed by atoms with Crippen LogP contribution in [0.25, 0.3) is 21.9 Å². The second kappa shape index (κ2) is 7.69. The Morgan fingerprint density at radius 1 is 1.10 bits per heavy atom. The molecule has 0 aliphatic heterocycles. The second-order valence-electron chi connectivity index (χ2n) is 7.39. The first-order chi connectivity index (χ1) is 14.9. The van der Waals surface area contributed by atoms with E-state index < -0.39 is 18.2 Å². The summed E-state index contributed by atoms with van der Waals surface area (Å²) in [5, 5.41) is 23.3. The van der Waals surface area contributed by atoms with Crippen LogP contribution in [-0.2, 0) is 0 Å². The lowest BCUT2D eigenvalue weighted by Gasteiger charge is -2.19. The largest absolute Gasteiger partial charge is 0.388 e. The fourth-order valence-electron chi connectivity index (χ4n) is 3.82. The molecule has 3 heterocycles. The van der Waals surface area contributed by atoms with Crippen LogP contribution in [0.5, 0.6) is 0 Å². The summed E-state index contributed by atoms with van der Waals surface area (Å²) < 4.78 is 1.81. The fourth-order valence-corrected chi connectivity index (χ4v) is 4.94. The Labute approximate surface area is 186 Å². The molecule has 0 radical (unpaired) electrons. The summed E-state index contributed by atoms with van der Waals surface area (Å²) in [5.41, 5.74) is 13.8. The second-order valence-corrected chi connectivity index (χ2v) is 8.84. The molecule has 1 aliphatic rings. The third-order valence-electron chi connectivity index (χ3n) is 5.47. The summed E-state index contributed by atoms with van der Waals surface area (Å²) in [4.78, 5) is 13.6. The van der Waals surface area contributed by atoms with Crippen LogP contribution in [0.15, 0.2) is 59.4 Å². The van der Waals surface area contributed by atoms with Crippen LogP contribution in [0.1, 0.15) is 6.04 Å². The van der Waals surface area contributed by atoms with Gasteiger partial charge in [-0.05, 0) is 29.8 Å². The van der Waals surface area contributed by atoms with Crippen molar-refractivity contribution in [2.45, 2.75) is 23.1 Å². The number of halogens is 1. The van der Waals surface area contributed by atoms with E-state index in [1.54, 1.807) is 24.0 Å². The van der Waals surface area contributed by atoms with Crippen LogP contribution in [-0.4, -0.2) is 47.7 Å². The predicted molar refractivity (Wildman–Crippen MR) is 123 cm³/mol. The molecule has 3 atom stereocenters. The van der Waals surface area contributed by atoms with Gasteiger partial charge in [-0.15, -0.1) is 11.8 Å². The third kappa shape index (κ3) is 3.49. The maximum absolute atomic E-state index is 10.7. The number of nitrogen functional groups attached to an aromatic ring is 2. The number of aliphatic hydroxyl groups excluding tert-OH is 2. The molecule has 0 saturated carbocycles. The van der Waals surface area contributed by atoms with Crippen molar-refractivity contribution >= 4 is 56.9 Å². The minimum Gasteiger partial charge on any atom is -0.388 e. The average Bonchev–Trinajstić information content (AvgIpc) is 3.30. The minimum atomic E-state index is -0.984. The molecule has 3 aromatic heterocycles. The molecule has 0 fully saturated rings. The van der Waals surface area contributed by atoms with Gasteiger partial charge in [-0.2, -0.15) is 0 Å². The fraction of sp³-hybridized carbons (Fsp3) is 0.190. The van der Waals surface area contributed by atoms with E-state index in [1.165, 1.54) is 6.33 Å². The molecule has 1 aromatic carbocycles. The Balaban J connectivity index is 1.39. The summed E-state index contributed by atoms with van der Waals surface area (Å²) in [6.45, 7) is 0. The zero-order chi connectivity index (χ0) is 21.7. The molecule has 158 valence electrons. The molecule has 31 heavy (non-hydrogen) atoms. The van der Waals surface area contributed by atoms with Crippen LogP contribution in [0, 0.1) is 0 Å². The number of nitrogens with two attached hydrogens (primary N) is 2. The van der Waals surface area contributed by atoms with Gasteiger partial charge in [0.05, 0.1) is 22.0 Å². The highest BCUT2D eigenvalue weighted by Gasteiger charge is 2.36. The van der Waals surface area contributed by atoms with Gasteiger partial charge in [0.2, 0.25) is 0 Å². The van der Waals surface area contributed by atoms with Gasteiger partial charge in [-0.25, -0.2) is 15.0 Å².